The first-order chi connectivity index (χ1) is 17.4. The number of pyridine rings is 1. The largest absolute Gasteiger partial charge is 0.493 e. The lowest BCUT2D eigenvalue weighted by Gasteiger charge is -2.21. The van der Waals surface area contributed by atoms with Crippen molar-refractivity contribution in [3.63, 3.8) is 0 Å². The second kappa shape index (κ2) is 8.33. The van der Waals surface area contributed by atoms with E-state index in [1.54, 1.807) is 26.4 Å². The van der Waals surface area contributed by atoms with Crippen LogP contribution >= 0.6 is 0 Å². The number of hydrogen-bond donors (Lipinski definition) is 0. The molecular formula is C28H23F3NO4+. The van der Waals surface area contributed by atoms with Crippen molar-refractivity contribution in [1.29, 1.82) is 0 Å². The predicted octanol–water partition coefficient (Wildman–Crippen LogP) is 5.71. The Morgan fingerprint density at radius 2 is 1.67 bits per heavy atom. The van der Waals surface area contributed by atoms with E-state index in [-0.39, 0.29) is 6.79 Å². The summed E-state index contributed by atoms with van der Waals surface area (Å²) < 4.78 is 64.2. The fraction of sp³-hybridized carbons (Fsp3) is 0.250. The average Bonchev–Trinajstić information content (AvgIpc) is 3.33. The average molecular weight is 494 g/mol. The number of nitrogens with zero attached hydrogens (tertiary/aromatic N) is 1. The van der Waals surface area contributed by atoms with Gasteiger partial charge >= 0.3 is 6.18 Å². The van der Waals surface area contributed by atoms with Crippen molar-refractivity contribution in [1.82, 2.24) is 0 Å². The molecule has 3 heterocycles. The summed E-state index contributed by atoms with van der Waals surface area (Å²) in [5.41, 5.74) is 4.30. The number of aryl methyl sites for hydroxylation is 2. The molecule has 0 bridgehead atoms. The third kappa shape index (κ3) is 3.59. The van der Waals surface area contributed by atoms with E-state index in [4.69, 9.17) is 18.9 Å². The van der Waals surface area contributed by atoms with Gasteiger partial charge in [0.25, 0.3) is 0 Å². The number of fused-ring (bicyclic) bond motifs is 5. The van der Waals surface area contributed by atoms with Gasteiger partial charge in [0.1, 0.15) is 0 Å². The summed E-state index contributed by atoms with van der Waals surface area (Å²) >= 11 is 0. The van der Waals surface area contributed by atoms with E-state index < -0.39 is 11.7 Å². The van der Waals surface area contributed by atoms with Crippen LogP contribution < -0.4 is 23.5 Å². The smallest absolute Gasteiger partial charge is 0.416 e. The van der Waals surface area contributed by atoms with Crippen LogP contribution in [0.5, 0.6) is 23.0 Å². The molecule has 1 aromatic heterocycles. The molecule has 184 valence electrons. The van der Waals surface area contributed by atoms with Crippen LogP contribution in [0.2, 0.25) is 0 Å². The molecule has 8 heteroatoms. The van der Waals surface area contributed by atoms with Gasteiger partial charge in [-0.15, -0.1) is 0 Å². The van der Waals surface area contributed by atoms with Gasteiger partial charge in [-0.05, 0) is 47.5 Å². The van der Waals surface area contributed by atoms with Crippen molar-refractivity contribution in [3.05, 3.63) is 77.0 Å². The molecule has 0 fully saturated rings. The number of alkyl halides is 3. The quantitative estimate of drug-likeness (QED) is 0.341. The molecule has 36 heavy (non-hydrogen) atoms. The number of ether oxygens (including phenoxy) is 4. The zero-order valence-corrected chi connectivity index (χ0v) is 19.7. The molecule has 0 amide bonds. The Labute approximate surface area is 205 Å². The maximum Gasteiger partial charge on any atom is 0.416 e. The highest BCUT2D eigenvalue weighted by Gasteiger charge is 2.33. The number of benzene rings is 3. The highest BCUT2D eigenvalue weighted by Crippen LogP contribution is 2.44. The van der Waals surface area contributed by atoms with Gasteiger partial charge in [0.05, 0.1) is 30.7 Å². The predicted molar refractivity (Wildman–Crippen MR) is 127 cm³/mol. The third-order valence-corrected chi connectivity index (χ3v) is 6.90. The van der Waals surface area contributed by atoms with Crippen molar-refractivity contribution >= 4 is 10.8 Å². The van der Waals surface area contributed by atoms with Crippen LogP contribution in [-0.2, 0) is 25.6 Å². The summed E-state index contributed by atoms with van der Waals surface area (Å²) in [7, 11) is 3.20. The van der Waals surface area contributed by atoms with E-state index in [1.807, 2.05) is 24.3 Å². The molecule has 0 saturated heterocycles. The Bertz CT molecular complexity index is 1500. The summed E-state index contributed by atoms with van der Waals surface area (Å²) in [5, 5.41) is 1.83. The molecule has 0 N–H and O–H groups in total. The van der Waals surface area contributed by atoms with Gasteiger partial charge in [0.15, 0.2) is 35.7 Å². The first-order valence-corrected chi connectivity index (χ1v) is 11.6. The normalized spacial score (nSPS) is 13.9. The molecular weight excluding hydrogens is 471 g/mol. The van der Waals surface area contributed by atoms with Crippen LogP contribution in [0.1, 0.15) is 22.3 Å². The van der Waals surface area contributed by atoms with Crippen molar-refractivity contribution in [2.45, 2.75) is 25.6 Å². The zero-order chi connectivity index (χ0) is 25.0. The van der Waals surface area contributed by atoms with Crippen LogP contribution in [0.15, 0.2) is 54.7 Å². The first-order valence-electron chi connectivity index (χ1n) is 11.6. The SMILES string of the molecule is COc1ccc2c(Cc3ccc(C(F)(F)F)cc3)c3[n+](cc2c1OC)CCc1cc2c(cc1-3)OCO2. The minimum absolute atomic E-state index is 0.186. The summed E-state index contributed by atoms with van der Waals surface area (Å²) in [6, 6.07) is 13.2. The number of hydrogen-bond acceptors (Lipinski definition) is 4. The number of methoxy groups -OCH3 is 2. The molecule has 0 atom stereocenters. The Kier molecular flexibility index (Phi) is 5.21. The van der Waals surface area contributed by atoms with Crippen molar-refractivity contribution < 1.29 is 36.7 Å². The second-order valence-corrected chi connectivity index (χ2v) is 8.90. The standard InChI is InChI=1S/C28H23F3NO4/c1-33-23-8-7-19-21(11-16-3-5-18(6-4-16)28(29,30)31)26-20-13-25-24(35-15-36-25)12-17(20)9-10-32(26)14-22(19)27(23)34-2/h3-8,12-14H,9-11,15H2,1-2H3/q+1. The lowest BCUT2D eigenvalue weighted by molar-refractivity contribution is -0.686. The van der Waals surface area contributed by atoms with E-state index >= 15 is 0 Å². The van der Waals surface area contributed by atoms with Crippen molar-refractivity contribution in [2.75, 3.05) is 21.0 Å². The molecule has 0 spiro atoms. The highest BCUT2D eigenvalue weighted by atomic mass is 19.4. The molecule has 5 nitrogen and oxygen atoms in total. The molecule has 3 aromatic carbocycles. The Morgan fingerprint density at radius 3 is 2.36 bits per heavy atom. The Hall–Kier alpha value is -3.94. The van der Waals surface area contributed by atoms with Crippen LogP contribution in [0.3, 0.4) is 0 Å². The fourth-order valence-corrected chi connectivity index (χ4v) is 5.20. The van der Waals surface area contributed by atoms with E-state index in [0.717, 1.165) is 69.6 Å². The lowest BCUT2D eigenvalue weighted by atomic mass is 9.88. The van der Waals surface area contributed by atoms with Gasteiger partial charge in [0, 0.05) is 23.8 Å². The topological polar surface area (TPSA) is 40.8 Å². The fourth-order valence-electron chi connectivity index (χ4n) is 5.20. The van der Waals surface area contributed by atoms with Gasteiger partial charge in [0.2, 0.25) is 12.5 Å². The monoisotopic (exact) mass is 494 g/mol. The second-order valence-electron chi connectivity index (χ2n) is 8.90. The molecule has 6 rings (SSSR count). The van der Waals surface area contributed by atoms with E-state index in [2.05, 4.69) is 10.8 Å². The van der Waals surface area contributed by atoms with E-state index in [9.17, 15) is 13.2 Å². The summed E-state index contributed by atoms with van der Waals surface area (Å²) in [4.78, 5) is 0. The molecule has 0 radical (unpaired) electrons. The third-order valence-electron chi connectivity index (χ3n) is 6.90. The highest BCUT2D eigenvalue weighted by molar-refractivity contribution is 5.95. The van der Waals surface area contributed by atoms with Crippen molar-refractivity contribution in [3.8, 4) is 34.3 Å². The summed E-state index contributed by atoms with van der Waals surface area (Å²) in [6.45, 7) is 0.920. The van der Waals surface area contributed by atoms with E-state index in [0.29, 0.717) is 23.7 Å². The first kappa shape index (κ1) is 22.5. The van der Waals surface area contributed by atoms with Gasteiger partial charge in [-0.1, -0.05) is 12.1 Å². The Balaban J connectivity index is 1.59. The molecule has 0 saturated carbocycles. The Morgan fingerprint density at radius 1 is 0.917 bits per heavy atom. The van der Waals surface area contributed by atoms with E-state index in [1.165, 1.54) is 0 Å². The molecule has 0 unspecified atom stereocenters. The molecule has 2 aliphatic rings. The minimum atomic E-state index is -4.38. The maximum absolute atomic E-state index is 13.2. The number of halogens is 3. The van der Waals surface area contributed by atoms with Crippen LogP contribution in [-0.4, -0.2) is 21.0 Å². The summed E-state index contributed by atoms with van der Waals surface area (Å²) in [6.07, 6.45) is -1.07. The summed E-state index contributed by atoms with van der Waals surface area (Å²) in [5.74, 6) is 2.66. The molecule has 0 aliphatic carbocycles. The van der Waals surface area contributed by atoms with Gasteiger partial charge in [-0.2, -0.15) is 17.7 Å². The van der Waals surface area contributed by atoms with Crippen molar-refractivity contribution in [2.24, 2.45) is 0 Å². The van der Waals surface area contributed by atoms with Crippen LogP contribution in [0.25, 0.3) is 22.0 Å². The number of rotatable bonds is 4. The zero-order valence-electron chi connectivity index (χ0n) is 19.7. The van der Waals surface area contributed by atoms with Gasteiger partial charge < -0.3 is 18.9 Å². The lowest BCUT2D eigenvalue weighted by Crippen LogP contribution is -2.41. The van der Waals surface area contributed by atoms with Gasteiger partial charge in [-0.3, -0.25) is 0 Å². The number of aromatic nitrogens is 1. The van der Waals surface area contributed by atoms with Crippen LogP contribution in [0.4, 0.5) is 13.2 Å². The molecule has 2 aliphatic heterocycles. The van der Waals surface area contributed by atoms with Gasteiger partial charge in [-0.25, -0.2) is 0 Å². The molecule has 4 aromatic rings. The minimum Gasteiger partial charge on any atom is -0.493 e. The maximum atomic E-state index is 13.2. The van der Waals surface area contributed by atoms with Crippen LogP contribution in [0, 0.1) is 0 Å².